The molecule has 0 aliphatic carbocycles. The molecule has 0 unspecified atom stereocenters. The van der Waals surface area contributed by atoms with Crippen molar-refractivity contribution in [2.24, 2.45) is 0 Å². The Morgan fingerprint density at radius 3 is 2.55 bits per heavy atom. The van der Waals surface area contributed by atoms with Crippen LogP contribution < -0.4 is 15.8 Å². The highest BCUT2D eigenvalue weighted by molar-refractivity contribution is 5.94. The van der Waals surface area contributed by atoms with Gasteiger partial charge < -0.3 is 15.8 Å². The summed E-state index contributed by atoms with van der Waals surface area (Å²) in [5, 5.41) is 2.60. The van der Waals surface area contributed by atoms with Gasteiger partial charge in [-0.3, -0.25) is 4.79 Å². The summed E-state index contributed by atoms with van der Waals surface area (Å²) in [6.07, 6.45) is 0. The van der Waals surface area contributed by atoms with Crippen molar-refractivity contribution in [2.45, 2.75) is 6.92 Å². The van der Waals surface area contributed by atoms with Gasteiger partial charge in [0.1, 0.15) is 0 Å². The molecule has 0 aliphatic rings. The largest absolute Gasteiger partial charge is 0.421 e. The fourth-order valence-electron chi connectivity index (χ4n) is 1.67. The fraction of sp³-hybridized carbons (Fsp3) is 0.0667. The highest BCUT2D eigenvalue weighted by atomic mass is 16.5. The van der Waals surface area contributed by atoms with Crippen LogP contribution in [0.2, 0.25) is 0 Å². The molecule has 2 rings (SSSR count). The number of carbonyl (C=O) groups is 2. The lowest BCUT2D eigenvalue weighted by molar-refractivity contribution is -0.114. The van der Waals surface area contributed by atoms with Crippen molar-refractivity contribution in [2.75, 3.05) is 11.1 Å². The Kier molecular flexibility index (Phi) is 4.00. The molecule has 0 fully saturated rings. The minimum absolute atomic E-state index is 0.238. The molecule has 2 aromatic carbocycles. The van der Waals surface area contributed by atoms with Crippen LogP contribution in [0.5, 0.6) is 5.75 Å². The normalized spacial score (nSPS) is 9.85. The van der Waals surface area contributed by atoms with E-state index < -0.39 is 5.97 Å². The lowest BCUT2D eigenvalue weighted by Crippen LogP contribution is -2.12. The van der Waals surface area contributed by atoms with E-state index in [2.05, 4.69) is 5.32 Å². The van der Waals surface area contributed by atoms with E-state index in [1.54, 1.807) is 42.5 Å². The summed E-state index contributed by atoms with van der Waals surface area (Å²) in [6.45, 7) is 1.39. The zero-order chi connectivity index (χ0) is 14.5. The van der Waals surface area contributed by atoms with Gasteiger partial charge in [0.25, 0.3) is 0 Å². The average molecular weight is 270 g/mol. The molecule has 3 N–H and O–H groups in total. The van der Waals surface area contributed by atoms with Crippen molar-refractivity contribution in [1.29, 1.82) is 0 Å². The molecule has 1 amide bonds. The monoisotopic (exact) mass is 270 g/mol. The number of para-hydroxylation sites is 2. The fourth-order valence-corrected chi connectivity index (χ4v) is 1.67. The van der Waals surface area contributed by atoms with E-state index in [1.165, 1.54) is 13.0 Å². The summed E-state index contributed by atoms with van der Waals surface area (Å²) in [7, 11) is 0. The first-order chi connectivity index (χ1) is 9.56. The van der Waals surface area contributed by atoms with E-state index in [0.717, 1.165) is 0 Å². The second-order valence-corrected chi connectivity index (χ2v) is 4.19. The Labute approximate surface area is 116 Å². The second kappa shape index (κ2) is 5.88. The van der Waals surface area contributed by atoms with Crippen LogP contribution >= 0.6 is 0 Å². The van der Waals surface area contributed by atoms with Crippen LogP contribution in [0.25, 0.3) is 0 Å². The zero-order valence-corrected chi connectivity index (χ0v) is 10.9. The molecule has 0 bridgehead atoms. The molecule has 0 aromatic heterocycles. The van der Waals surface area contributed by atoms with Crippen LogP contribution in [-0.4, -0.2) is 11.9 Å². The number of amides is 1. The van der Waals surface area contributed by atoms with E-state index in [4.69, 9.17) is 10.5 Å². The molecule has 0 heterocycles. The van der Waals surface area contributed by atoms with E-state index in [0.29, 0.717) is 16.9 Å². The second-order valence-electron chi connectivity index (χ2n) is 4.19. The first-order valence-corrected chi connectivity index (χ1v) is 6.00. The molecule has 20 heavy (non-hydrogen) atoms. The Morgan fingerprint density at radius 2 is 1.85 bits per heavy atom. The molecular weight excluding hydrogens is 256 g/mol. The van der Waals surface area contributed by atoms with Gasteiger partial charge in [0, 0.05) is 12.6 Å². The number of anilines is 2. The molecule has 0 spiro atoms. The number of nitrogens with two attached hydrogens (primary N) is 1. The van der Waals surface area contributed by atoms with E-state index in [1.807, 2.05) is 0 Å². The van der Waals surface area contributed by atoms with Gasteiger partial charge in [-0.25, -0.2) is 4.79 Å². The average Bonchev–Trinajstić information content (AvgIpc) is 2.40. The van der Waals surface area contributed by atoms with Gasteiger partial charge >= 0.3 is 5.97 Å². The summed E-state index contributed by atoms with van der Waals surface area (Å²) >= 11 is 0. The Bertz CT molecular complexity index is 653. The Balaban J connectivity index is 2.21. The molecule has 0 radical (unpaired) electrons. The molecule has 0 aliphatic heterocycles. The molecule has 102 valence electrons. The molecule has 5 nitrogen and oxygen atoms in total. The summed E-state index contributed by atoms with van der Waals surface area (Å²) in [5.74, 6) is -0.484. The quantitative estimate of drug-likeness (QED) is 0.510. The predicted molar refractivity (Wildman–Crippen MR) is 76.6 cm³/mol. The third-order valence-corrected chi connectivity index (χ3v) is 2.52. The molecule has 0 saturated heterocycles. The smallest absolute Gasteiger partial charge is 0.343 e. The lowest BCUT2D eigenvalue weighted by Gasteiger charge is -2.10. The maximum atomic E-state index is 12.0. The molecule has 5 heteroatoms. The number of benzene rings is 2. The van der Waals surface area contributed by atoms with Crippen LogP contribution in [0.3, 0.4) is 0 Å². The first-order valence-electron chi connectivity index (χ1n) is 6.00. The number of nitrogens with one attached hydrogen (secondary N) is 1. The Hall–Kier alpha value is -2.82. The molecule has 2 aromatic rings. The number of nitrogen functional groups attached to an aromatic ring is 1. The topological polar surface area (TPSA) is 81.4 Å². The van der Waals surface area contributed by atoms with Gasteiger partial charge in [-0.1, -0.05) is 18.2 Å². The number of carbonyl (C=O) groups excluding carboxylic acids is 2. The first kappa shape index (κ1) is 13.6. The van der Waals surface area contributed by atoms with Crippen LogP contribution in [0.4, 0.5) is 11.4 Å². The van der Waals surface area contributed by atoms with Crippen LogP contribution in [0.1, 0.15) is 17.3 Å². The number of esters is 1. The lowest BCUT2D eigenvalue weighted by atomic mass is 10.2. The number of hydrogen-bond donors (Lipinski definition) is 2. The van der Waals surface area contributed by atoms with Gasteiger partial charge in [0.2, 0.25) is 5.91 Å². The SMILES string of the molecule is CC(=O)Nc1ccccc1OC(=O)c1cccc(N)c1. The number of ether oxygens (including phenoxy) is 1. The minimum atomic E-state index is -0.532. The molecular formula is C15H14N2O3. The maximum Gasteiger partial charge on any atom is 0.343 e. The van der Waals surface area contributed by atoms with Gasteiger partial charge in [-0.2, -0.15) is 0 Å². The van der Waals surface area contributed by atoms with Crippen LogP contribution in [-0.2, 0) is 4.79 Å². The van der Waals surface area contributed by atoms with Crippen molar-refractivity contribution in [1.82, 2.24) is 0 Å². The van der Waals surface area contributed by atoms with E-state index in [-0.39, 0.29) is 11.7 Å². The zero-order valence-electron chi connectivity index (χ0n) is 10.9. The highest BCUT2D eigenvalue weighted by Gasteiger charge is 2.12. The van der Waals surface area contributed by atoms with Crippen molar-refractivity contribution in [3.63, 3.8) is 0 Å². The van der Waals surface area contributed by atoms with E-state index in [9.17, 15) is 9.59 Å². The van der Waals surface area contributed by atoms with Crippen molar-refractivity contribution < 1.29 is 14.3 Å². The van der Waals surface area contributed by atoms with Crippen molar-refractivity contribution in [3.8, 4) is 5.75 Å². The van der Waals surface area contributed by atoms with Gasteiger partial charge in [0.15, 0.2) is 5.75 Å². The summed E-state index contributed by atoms with van der Waals surface area (Å²) in [5.41, 5.74) is 6.89. The van der Waals surface area contributed by atoms with Crippen molar-refractivity contribution >= 4 is 23.3 Å². The third kappa shape index (κ3) is 3.35. The van der Waals surface area contributed by atoms with E-state index >= 15 is 0 Å². The molecule has 0 atom stereocenters. The highest BCUT2D eigenvalue weighted by Crippen LogP contribution is 2.24. The third-order valence-electron chi connectivity index (χ3n) is 2.52. The minimum Gasteiger partial charge on any atom is -0.421 e. The van der Waals surface area contributed by atoms with Gasteiger partial charge in [-0.05, 0) is 30.3 Å². The van der Waals surface area contributed by atoms with Crippen LogP contribution in [0, 0.1) is 0 Å². The number of rotatable bonds is 3. The summed E-state index contributed by atoms with van der Waals surface area (Å²) < 4.78 is 5.28. The van der Waals surface area contributed by atoms with Gasteiger partial charge in [0.05, 0.1) is 11.3 Å². The number of hydrogen-bond acceptors (Lipinski definition) is 4. The Morgan fingerprint density at radius 1 is 1.10 bits per heavy atom. The predicted octanol–water partition coefficient (Wildman–Crippen LogP) is 2.45. The van der Waals surface area contributed by atoms with Crippen molar-refractivity contribution in [3.05, 3.63) is 54.1 Å². The standard InChI is InChI=1S/C15H14N2O3/c1-10(18)17-13-7-2-3-8-14(13)20-15(19)11-5-4-6-12(16)9-11/h2-9H,16H2,1H3,(H,17,18). The molecule has 0 saturated carbocycles. The summed E-state index contributed by atoms with van der Waals surface area (Å²) in [6, 6.07) is 13.2. The maximum absolute atomic E-state index is 12.0. The summed E-state index contributed by atoms with van der Waals surface area (Å²) in [4.78, 5) is 23.1. The van der Waals surface area contributed by atoms with Gasteiger partial charge in [-0.15, -0.1) is 0 Å². The van der Waals surface area contributed by atoms with Crippen LogP contribution in [0.15, 0.2) is 48.5 Å².